The summed E-state index contributed by atoms with van der Waals surface area (Å²) in [4.78, 5) is 1.66. The van der Waals surface area contributed by atoms with E-state index in [-0.39, 0.29) is 28.6 Å². The van der Waals surface area contributed by atoms with Crippen LogP contribution in [0.4, 0.5) is 10.1 Å². The molecule has 2 fully saturated rings. The summed E-state index contributed by atoms with van der Waals surface area (Å²) < 4.78 is 36.8. The van der Waals surface area contributed by atoms with Gasteiger partial charge in [-0.05, 0) is 30.4 Å². The number of anilines is 1. The van der Waals surface area contributed by atoms with Crippen molar-refractivity contribution in [1.29, 1.82) is 0 Å². The lowest BCUT2D eigenvalue weighted by Gasteiger charge is -2.23. The van der Waals surface area contributed by atoms with Gasteiger partial charge in [0, 0.05) is 5.69 Å². The van der Waals surface area contributed by atoms with Crippen molar-refractivity contribution in [3.8, 4) is 0 Å². The van der Waals surface area contributed by atoms with Gasteiger partial charge in [0.2, 0.25) is 0 Å². The van der Waals surface area contributed by atoms with Crippen molar-refractivity contribution in [2.75, 3.05) is 16.4 Å². The first-order valence-corrected chi connectivity index (χ1v) is 8.23. The Morgan fingerprint density at radius 3 is 2.84 bits per heavy atom. The van der Waals surface area contributed by atoms with Gasteiger partial charge in [0.1, 0.15) is 5.82 Å². The van der Waals surface area contributed by atoms with Gasteiger partial charge in [0.15, 0.2) is 14.9 Å². The largest absolute Gasteiger partial charge is 0.356 e. The molecule has 0 radical (unpaired) electrons. The number of halogens is 2. The minimum Gasteiger partial charge on any atom is -0.356 e. The number of hydrogen-bond acceptors (Lipinski definition) is 3. The van der Waals surface area contributed by atoms with E-state index in [0.29, 0.717) is 10.8 Å². The summed E-state index contributed by atoms with van der Waals surface area (Å²) in [7, 11) is -3.07. The van der Waals surface area contributed by atoms with Crippen molar-refractivity contribution < 1.29 is 12.8 Å². The summed E-state index contributed by atoms with van der Waals surface area (Å²) in [6, 6.07) is 3.83. The van der Waals surface area contributed by atoms with Gasteiger partial charge < -0.3 is 10.2 Å². The number of nitrogens with zero attached hydrogens (tertiary/aromatic N) is 1. The molecule has 1 aromatic rings. The number of hydrogen-bond donors (Lipinski definition) is 1. The fourth-order valence-electron chi connectivity index (χ4n) is 2.54. The maximum atomic E-state index is 13.5. The third-order valence-electron chi connectivity index (χ3n) is 3.36. The Kier molecular flexibility index (Phi) is 2.95. The summed E-state index contributed by atoms with van der Waals surface area (Å²) >= 11 is 10.8. The molecule has 0 amide bonds. The van der Waals surface area contributed by atoms with E-state index in [1.54, 1.807) is 11.0 Å². The predicted octanol–water partition coefficient (Wildman–Crippen LogP) is 1.34. The van der Waals surface area contributed by atoms with E-state index in [1.165, 1.54) is 12.1 Å². The number of benzene rings is 1. The molecule has 0 aliphatic carbocycles. The molecule has 2 atom stereocenters. The van der Waals surface area contributed by atoms with E-state index in [1.807, 2.05) is 0 Å². The zero-order chi connectivity index (χ0) is 13.8. The van der Waals surface area contributed by atoms with Crippen LogP contribution in [0.3, 0.4) is 0 Å². The minimum atomic E-state index is -3.07. The van der Waals surface area contributed by atoms with Gasteiger partial charge in [-0.15, -0.1) is 0 Å². The van der Waals surface area contributed by atoms with Crippen molar-refractivity contribution in [1.82, 2.24) is 5.32 Å². The van der Waals surface area contributed by atoms with Crippen molar-refractivity contribution in [2.24, 2.45) is 0 Å². The SMILES string of the molecule is O=S1(=O)C[C@H]2NC(=S)N(c3ccc(Cl)c(F)c3)[C@H]2C1. The molecule has 2 heterocycles. The van der Waals surface area contributed by atoms with Crippen molar-refractivity contribution in [2.45, 2.75) is 12.1 Å². The molecule has 0 saturated carbocycles. The number of fused-ring (bicyclic) bond motifs is 1. The van der Waals surface area contributed by atoms with E-state index in [0.717, 1.165) is 0 Å². The lowest BCUT2D eigenvalue weighted by molar-refractivity contribution is 0.600. The maximum absolute atomic E-state index is 13.5. The first-order chi connectivity index (χ1) is 8.87. The number of nitrogens with one attached hydrogen (secondary N) is 1. The third kappa shape index (κ3) is 2.19. The monoisotopic (exact) mass is 320 g/mol. The van der Waals surface area contributed by atoms with Crippen LogP contribution in [-0.4, -0.2) is 37.1 Å². The van der Waals surface area contributed by atoms with Crippen molar-refractivity contribution >= 4 is 44.5 Å². The molecule has 0 bridgehead atoms. The van der Waals surface area contributed by atoms with Gasteiger partial charge in [-0.1, -0.05) is 11.6 Å². The topological polar surface area (TPSA) is 49.4 Å². The van der Waals surface area contributed by atoms with Crippen LogP contribution >= 0.6 is 23.8 Å². The molecule has 2 aliphatic heterocycles. The second-order valence-electron chi connectivity index (χ2n) is 4.67. The Labute approximate surface area is 120 Å². The van der Waals surface area contributed by atoms with E-state index >= 15 is 0 Å². The predicted molar refractivity (Wildman–Crippen MR) is 75.9 cm³/mol. The van der Waals surface area contributed by atoms with Gasteiger partial charge in [-0.25, -0.2) is 12.8 Å². The molecule has 3 rings (SSSR count). The second-order valence-corrected chi connectivity index (χ2v) is 7.62. The highest BCUT2D eigenvalue weighted by atomic mass is 35.5. The summed E-state index contributed by atoms with van der Waals surface area (Å²) in [5.41, 5.74) is 0.518. The molecule has 102 valence electrons. The second kappa shape index (κ2) is 4.29. The van der Waals surface area contributed by atoms with Crippen LogP contribution in [0.2, 0.25) is 5.02 Å². The summed E-state index contributed by atoms with van der Waals surface area (Å²) in [6.07, 6.45) is 0. The molecule has 19 heavy (non-hydrogen) atoms. The summed E-state index contributed by atoms with van der Waals surface area (Å²) in [5.74, 6) is -0.467. The van der Waals surface area contributed by atoms with E-state index in [2.05, 4.69) is 5.32 Å². The highest BCUT2D eigenvalue weighted by molar-refractivity contribution is 7.91. The van der Waals surface area contributed by atoms with Crippen LogP contribution in [0.1, 0.15) is 0 Å². The Hall–Kier alpha value is -0.920. The number of rotatable bonds is 1. The molecule has 4 nitrogen and oxygen atoms in total. The van der Waals surface area contributed by atoms with E-state index in [4.69, 9.17) is 23.8 Å². The Morgan fingerprint density at radius 2 is 2.16 bits per heavy atom. The fraction of sp³-hybridized carbons (Fsp3) is 0.364. The molecule has 2 aliphatic rings. The van der Waals surface area contributed by atoms with E-state index < -0.39 is 15.7 Å². The maximum Gasteiger partial charge on any atom is 0.174 e. The van der Waals surface area contributed by atoms with Crippen LogP contribution in [0.5, 0.6) is 0 Å². The molecule has 8 heteroatoms. The highest BCUT2D eigenvalue weighted by Gasteiger charge is 2.47. The molecule has 0 spiro atoms. The van der Waals surface area contributed by atoms with Crippen LogP contribution in [-0.2, 0) is 9.84 Å². The first kappa shape index (κ1) is 13.1. The van der Waals surface area contributed by atoms with E-state index in [9.17, 15) is 12.8 Å². The van der Waals surface area contributed by atoms with Gasteiger partial charge in [0.25, 0.3) is 0 Å². The lowest BCUT2D eigenvalue weighted by Crippen LogP contribution is -2.36. The molecule has 2 saturated heterocycles. The van der Waals surface area contributed by atoms with Gasteiger partial charge in [-0.3, -0.25) is 0 Å². The fourth-order valence-corrected chi connectivity index (χ4v) is 4.94. The average Bonchev–Trinajstić information content (AvgIpc) is 2.73. The third-order valence-corrected chi connectivity index (χ3v) is 5.70. The molecule has 0 aromatic heterocycles. The smallest absolute Gasteiger partial charge is 0.174 e. The molecular weight excluding hydrogens is 311 g/mol. The zero-order valence-electron chi connectivity index (χ0n) is 9.64. The van der Waals surface area contributed by atoms with Gasteiger partial charge in [0.05, 0.1) is 28.6 Å². The lowest BCUT2D eigenvalue weighted by atomic mass is 10.1. The van der Waals surface area contributed by atoms with Gasteiger partial charge in [-0.2, -0.15) is 0 Å². The van der Waals surface area contributed by atoms with Crippen LogP contribution in [0.25, 0.3) is 0 Å². The standard InChI is InChI=1S/C11H10ClFN2O2S2/c12-7-2-1-6(3-8(7)13)15-10-5-19(16,17)4-9(10)14-11(15)18/h1-3,9-10H,4-5H2,(H,14,18)/t9-,10+/m1/s1. The molecular formula is C11H10ClFN2O2S2. The van der Waals surface area contributed by atoms with Crippen molar-refractivity contribution in [3.05, 3.63) is 29.0 Å². The summed E-state index contributed by atoms with van der Waals surface area (Å²) in [5, 5.41) is 3.43. The molecule has 0 unspecified atom stereocenters. The number of thiocarbonyl (C=S) groups is 1. The Morgan fingerprint density at radius 1 is 1.42 bits per heavy atom. The average molecular weight is 321 g/mol. The summed E-state index contributed by atoms with van der Waals surface area (Å²) in [6.45, 7) is 0. The molecule has 1 N–H and O–H groups in total. The van der Waals surface area contributed by atoms with Crippen molar-refractivity contribution in [3.63, 3.8) is 0 Å². The zero-order valence-corrected chi connectivity index (χ0v) is 12.0. The normalized spacial score (nSPS) is 28.3. The number of sulfone groups is 1. The van der Waals surface area contributed by atoms with Crippen LogP contribution < -0.4 is 10.2 Å². The molecule has 1 aromatic carbocycles. The van der Waals surface area contributed by atoms with Gasteiger partial charge >= 0.3 is 0 Å². The minimum absolute atomic E-state index is 0.0229. The quantitative estimate of drug-likeness (QED) is 0.791. The van der Waals surface area contributed by atoms with Crippen LogP contribution in [0, 0.1) is 5.82 Å². The van der Waals surface area contributed by atoms with Crippen LogP contribution in [0.15, 0.2) is 18.2 Å². The Bertz CT molecular complexity index is 665. The Balaban J connectivity index is 1.99. The highest BCUT2D eigenvalue weighted by Crippen LogP contribution is 2.31. The first-order valence-electron chi connectivity index (χ1n) is 5.62.